The van der Waals surface area contributed by atoms with E-state index in [9.17, 15) is 5.11 Å². The minimum absolute atomic E-state index is 0.0684. The first kappa shape index (κ1) is 16.6. The molecule has 2 unspecified atom stereocenters. The third-order valence-electron chi connectivity index (χ3n) is 3.85. The first-order valence-electron chi connectivity index (χ1n) is 7.79. The number of hydrogen-bond acceptors (Lipinski definition) is 3. The highest BCUT2D eigenvalue weighted by Crippen LogP contribution is 2.28. The topological polar surface area (TPSA) is 47.3 Å². The molecule has 124 valence electrons. The van der Waals surface area contributed by atoms with Gasteiger partial charge in [-0.1, -0.05) is 36.7 Å². The van der Waals surface area contributed by atoms with Crippen LogP contribution in [0.1, 0.15) is 18.6 Å². The molecule has 3 rings (SSSR count). The van der Waals surface area contributed by atoms with Crippen LogP contribution in [-0.2, 0) is 6.54 Å². The maximum absolute atomic E-state index is 10.5. The Morgan fingerprint density at radius 3 is 2.62 bits per heavy atom. The Bertz CT molecular complexity index is 772. The average Bonchev–Trinajstić information content (AvgIpc) is 3.08. The quantitative estimate of drug-likeness (QED) is 0.706. The van der Waals surface area contributed by atoms with Crippen LogP contribution in [0.3, 0.4) is 0 Å². The van der Waals surface area contributed by atoms with E-state index in [1.54, 1.807) is 24.7 Å². The van der Waals surface area contributed by atoms with E-state index < -0.39 is 6.10 Å². The van der Waals surface area contributed by atoms with Gasteiger partial charge in [-0.2, -0.15) is 0 Å². The van der Waals surface area contributed by atoms with E-state index in [2.05, 4.69) is 4.98 Å². The molecular weight excluding hydrogens is 324 g/mol. The van der Waals surface area contributed by atoms with Crippen molar-refractivity contribution in [2.45, 2.75) is 19.6 Å². The predicted octanol–water partition coefficient (Wildman–Crippen LogP) is 4.70. The molecule has 0 radical (unpaired) electrons. The zero-order valence-electron chi connectivity index (χ0n) is 13.3. The molecule has 0 amide bonds. The molecule has 1 heterocycles. The van der Waals surface area contributed by atoms with Crippen molar-refractivity contribution in [3.8, 4) is 11.5 Å². The van der Waals surface area contributed by atoms with E-state index in [0.29, 0.717) is 23.1 Å². The van der Waals surface area contributed by atoms with Crippen LogP contribution in [0, 0.1) is 5.92 Å². The maximum atomic E-state index is 10.5. The van der Waals surface area contributed by atoms with Gasteiger partial charge in [-0.3, -0.25) is 0 Å². The summed E-state index contributed by atoms with van der Waals surface area (Å²) in [6, 6.07) is 14.7. The fourth-order valence-corrected chi connectivity index (χ4v) is 2.74. The number of halogens is 1. The van der Waals surface area contributed by atoms with Crippen molar-refractivity contribution in [1.29, 1.82) is 0 Å². The van der Waals surface area contributed by atoms with Gasteiger partial charge in [-0.05, 0) is 35.9 Å². The first-order valence-corrected chi connectivity index (χ1v) is 8.17. The van der Waals surface area contributed by atoms with Crippen molar-refractivity contribution < 1.29 is 9.84 Å². The summed E-state index contributed by atoms with van der Waals surface area (Å²) in [5.74, 6) is 1.46. The molecule has 0 spiro atoms. The number of benzene rings is 2. The lowest BCUT2D eigenvalue weighted by atomic mass is 9.97. The summed E-state index contributed by atoms with van der Waals surface area (Å²) in [5.41, 5.74) is 0.862. The van der Waals surface area contributed by atoms with E-state index in [1.165, 1.54) is 0 Å². The van der Waals surface area contributed by atoms with Crippen LogP contribution in [0.15, 0.2) is 67.3 Å². The summed E-state index contributed by atoms with van der Waals surface area (Å²) >= 11 is 5.95. The normalized spacial score (nSPS) is 13.5. The maximum Gasteiger partial charge on any atom is 0.128 e. The molecule has 0 aliphatic carbocycles. The molecule has 0 bridgehead atoms. The fraction of sp³-hybridized carbons (Fsp3) is 0.211. The van der Waals surface area contributed by atoms with E-state index in [4.69, 9.17) is 16.3 Å². The molecule has 1 N–H and O–H groups in total. The Morgan fingerprint density at radius 1 is 1.17 bits per heavy atom. The number of imidazole rings is 1. The van der Waals surface area contributed by atoms with Gasteiger partial charge in [0, 0.05) is 29.9 Å². The highest BCUT2D eigenvalue weighted by molar-refractivity contribution is 6.30. The predicted molar refractivity (Wildman–Crippen MR) is 94.3 cm³/mol. The number of aromatic nitrogens is 2. The van der Waals surface area contributed by atoms with Crippen molar-refractivity contribution >= 4 is 11.6 Å². The van der Waals surface area contributed by atoms with Gasteiger partial charge in [0.2, 0.25) is 0 Å². The van der Waals surface area contributed by atoms with Crippen LogP contribution in [0.4, 0.5) is 0 Å². The molecule has 0 aliphatic heterocycles. The summed E-state index contributed by atoms with van der Waals surface area (Å²) in [4.78, 5) is 4.02. The van der Waals surface area contributed by atoms with Crippen molar-refractivity contribution in [1.82, 2.24) is 9.55 Å². The van der Waals surface area contributed by atoms with Crippen LogP contribution in [0.2, 0.25) is 5.02 Å². The summed E-state index contributed by atoms with van der Waals surface area (Å²) in [7, 11) is 0. The zero-order chi connectivity index (χ0) is 16.9. The van der Waals surface area contributed by atoms with Crippen molar-refractivity contribution in [3.63, 3.8) is 0 Å². The largest absolute Gasteiger partial charge is 0.457 e. The van der Waals surface area contributed by atoms with Gasteiger partial charge in [-0.15, -0.1) is 0 Å². The smallest absolute Gasteiger partial charge is 0.128 e. The average molecular weight is 343 g/mol. The SMILES string of the molecule is CC(Cn1ccnc1)C(O)c1ccc(Oc2cccc(Cl)c2)cc1. The van der Waals surface area contributed by atoms with E-state index in [1.807, 2.05) is 54.1 Å². The van der Waals surface area contributed by atoms with Crippen LogP contribution in [0.25, 0.3) is 0 Å². The summed E-state index contributed by atoms with van der Waals surface area (Å²) < 4.78 is 7.72. The third-order valence-corrected chi connectivity index (χ3v) is 4.09. The van der Waals surface area contributed by atoms with Crippen LogP contribution >= 0.6 is 11.6 Å². The number of aliphatic hydroxyl groups excluding tert-OH is 1. The van der Waals surface area contributed by atoms with E-state index in [-0.39, 0.29) is 5.92 Å². The van der Waals surface area contributed by atoms with Crippen LogP contribution in [-0.4, -0.2) is 14.7 Å². The minimum Gasteiger partial charge on any atom is -0.457 e. The molecular formula is C19H19ClN2O2. The van der Waals surface area contributed by atoms with E-state index >= 15 is 0 Å². The Morgan fingerprint density at radius 2 is 1.96 bits per heavy atom. The standard InChI is InChI=1S/C19H19ClN2O2/c1-14(12-22-10-9-21-13-22)19(23)15-5-7-17(8-6-15)24-18-4-2-3-16(20)11-18/h2-11,13-14,19,23H,12H2,1H3. The molecule has 0 saturated heterocycles. The molecule has 4 nitrogen and oxygen atoms in total. The Kier molecular flexibility index (Phi) is 5.18. The molecule has 1 aromatic heterocycles. The third kappa shape index (κ3) is 4.16. The molecule has 0 fully saturated rings. The van der Waals surface area contributed by atoms with Gasteiger partial charge in [0.1, 0.15) is 11.5 Å². The van der Waals surface area contributed by atoms with Crippen LogP contribution in [0.5, 0.6) is 11.5 Å². The number of nitrogens with zero attached hydrogens (tertiary/aromatic N) is 2. The van der Waals surface area contributed by atoms with Gasteiger partial charge in [0.25, 0.3) is 0 Å². The Labute approximate surface area is 146 Å². The molecule has 0 saturated carbocycles. The summed E-state index contributed by atoms with van der Waals surface area (Å²) in [6.45, 7) is 2.73. The second kappa shape index (κ2) is 7.51. The fourth-order valence-electron chi connectivity index (χ4n) is 2.56. The highest BCUT2D eigenvalue weighted by atomic mass is 35.5. The van der Waals surface area contributed by atoms with Gasteiger partial charge in [0.05, 0.1) is 12.4 Å². The summed E-state index contributed by atoms with van der Waals surface area (Å²) in [5, 5.41) is 11.1. The second-order valence-corrected chi connectivity index (χ2v) is 6.25. The number of rotatable bonds is 6. The van der Waals surface area contributed by atoms with Gasteiger partial charge < -0.3 is 14.4 Å². The lowest BCUT2D eigenvalue weighted by Gasteiger charge is -2.20. The van der Waals surface area contributed by atoms with E-state index in [0.717, 1.165) is 5.56 Å². The minimum atomic E-state index is -0.549. The first-order chi connectivity index (χ1) is 11.6. The highest BCUT2D eigenvalue weighted by Gasteiger charge is 2.17. The lowest BCUT2D eigenvalue weighted by Crippen LogP contribution is -2.15. The number of ether oxygens (including phenoxy) is 1. The molecule has 0 aliphatic rings. The van der Waals surface area contributed by atoms with Crippen molar-refractivity contribution in [2.24, 2.45) is 5.92 Å². The molecule has 24 heavy (non-hydrogen) atoms. The number of aliphatic hydroxyl groups is 1. The number of hydrogen-bond donors (Lipinski definition) is 1. The van der Waals surface area contributed by atoms with Gasteiger partial charge in [0.15, 0.2) is 0 Å². The molecule has 2 aromatic carbocycles. The molecule has 2 atom stereocenters. The summed E-state index contributed by atoms with van der Waals surface area (Å²) in [6.07, 6.45) is 4.84. The van der Waals surface area contributed by atoms with Crippen molar-refractivity contribution in [3.05, 3.63) is 77.8 Å². The molecule has 3 aromatic rings. The Hall–Kier alpha value is -2.30. The second-order valence-electron chi connectivity index (χ2n) is 5.81. The van der Waals surface area contributed by atoms with Crippen LogP contribution < -0.4 is 4.74 Å². The Balaban J connectivity index is 1.65. The van der Waals surface area contributed by atoms with Gasteiger partial charge >= 0.3 is 0 Å². The molecule has 5 heteroatoms. The van der Waals surface area contributed by atoms with Crippen molar-refractivity contribution in [2.75, 3.05) is 0 Å². The monoisotopic (exact) mass is 342 g/mol. The lowest BCUT2D eigenvalue weighted by molar-refractivity contribution is 0.107. The zero-order valence-corrected chi connectivity index (χ0v) is 14.1. The van der Waals surface area contributed by atoms with Gasteiger partial charge in [-0.25, -0.2) is 4.98 Å².